The SMILES string of the molecule is O=C(CCc1cc2ccccc2o1)C1SCN[C@@H]1C(=O)N1CCC[C@H]1CO. The predicted molar refractivity (Wildman–Crippen MR) is 105 cm³/mol. The summed E-state index contributed by atoms with van der Waals surface area (Å²) in [7, 11) is 0. The van der Waals surface area contributed by atoms with E-state index in [9.17, 15) is 14.7 Å². The molecular weight excluding hydrogens is 364 g/mol. The summed E-state index contributed by atoms with van der Waals surface area (Å²) in [6.07, 6.45) is 2.62. The maximum atomic E-state index is 12.9. The Labute approximate surface area is 162 Å². The number of aliphatic hydroxyl groups is 1. The van der Waals surface area contributed by atoms with E-state index < -0.39 is 6.04 Å². The number of carbonyl (C=O) groups is 2. The third-order valence-corrected chi connectivity index (χ3v) is 6.65. The highest BCUT2D eigenvalue weighted by Gasteiger charge is 2.42. The molecule has 0 spiro atoms. The fourth-order valence-electron chi connectivity index (χ4n) is 3.97. The Balaban J connectivity index is 1.39. The van der Waals surface area contributed by atoms with Crippen molar-refractivity contribution in [1.29, 1.82) is 0 Å². The molecule has 1 unspecified atom stereocenters. The molecule has 2 N–H and O–H groups in total. The number of benzene rings is 1. The number of hydrogen-bond donors (Lipinski definition) is 2. The molecule has 7 heteroatoms. The third-order valence-electron chi connectivity index (χ3n) is 5.42. The third kappa shape index (κ3) is 3.77. The van der Waals surface area contributed by atoms with Gasteiger partial charge in [0.2, 0.25) is 5.91 Å². The molecule has 27 heavy (non-hydrogen) atoms. The number of rotatable bonds is 6. The number of likely N-dealkylation sites (tertiary alicyclic amines) is 1. The van der Waals surface area contributed by atoms with Gasteiger partial charge in [0.25, 0.3) is 0 Å². The normalized spacial score (nSPS) is 25.4. The lowest BCUT2D eigenvalue weighted by Gasteiger charge is -2.28. The number of ketones is 1. The Bertz CT molecular complexity index is 803. The van der Waals surface area contributed by atoms with Gasteiger partial charge in [0.15, 0.2) is 0 Å². The van der Waals surface area contributed by atoms with E-state index in [1.54, 1.807) is 4.90 Å². The number of aryl methyl sites for hydroxylation is 1. The van der Waals surface area contributed by atoms with Crippen molar-refractivity contribution in [2.75, 3.05) is 19.0 Å². The number of hydrogen-bond acceptors (Lipinski definition) is 6. The minimum atomic E-state index is -0.495. The summed E-state index contributed by atoms with van der Waals surface area (Å²) >= 11 is 1.49. The van der Waals surface area contributed by atoms with Crippen molar-refractivity contribution in [2.24, 2.45) is 0 Å². The zero-order chi connectivity index (χ0) is 18.8. The van der Waals surface area contributed by atoms with Crippen LogP contribution in [0, 0.1) is 0 Å². The molecule has 2 aliphatic rings. The highest BCUT2D eigenvalue weighted by molar-refractivity contribution is 8.00. The molecule has 2 aromatic rings. The van der Waals surface area contributed by atoms with Crippen LogP contribution in [0.3, 0.4) is 0 Å². The number of nitrogens with one attached hydrogen (secondary N) is 1. The standard InChI is InChI=1S/C20H24N2O4S/c23-11-14-5-3-9-22(14)20(25)18-19(27-12-21-18)16(24)8-7-15-10-13-4-1-2-6-17(13)26-15/h1-2,4,6,10,14,18-19,21,23H,3,5,7-9,11-12H2/t14-,18-,19?/m0/s1. The summed E-state index contributed by atoms with van der Waals surface area (Å²) in [5, 5.41) is 13.3. The molecule has 1 amide bonds. The van der Waals surface area contributed by atoms with Crippen LogP contribution in [0.25, 0.3) is 11.0 Å². The molecule has 0 bridgehead atoms. The zero-order valence-corrected chi connectivity index (χ0v) is 15.9. The lowest BCUT2D eigenvalue weighted by molar-refractivity contribution is -0.136. The predicted octanol–water partition coefficient (Wildman–Crippen LogP) is 1.95. The van der Waals surface area contributed by atoms with Gasteiger partial charge in [-0.2, -0.15) is 0 Å². The summed E-state index contributed by atoms with van der Waals surface area (Å²) in [5.74, 6) is 1.40. The van der Waals surface area contributed by atoms with Crippen LogP contribution in [-0.2, 0) is 16.0 Å². The number of para-hydroxylation sites is 1. The van der Waals surface area contributed by atoms with Gasteiger partial charge in [-0.1, -0.05) is 18.2 Å². The van der Waals surface area contributed by atoms with Gasteiger partial charge in [0.05, 0.1) is 17.9 Å². The molecular formula is C20H24N2O4S. The average Bonchev–Trinajstić information content (AvgIpc) is 3.43. The number of amides is 1. The largest absolute Gasteiger partial charge is 0.461 e. The van der Waals surface area contributed by atoms with Crippen molar-refractivity contribution >= 4 is 34.4 Å². The van der Waals surface area contributed by atoms with E-state index >= 15 is 0 Å². The highest BCUT2D eigenvalue weighted by atomic mass is 32.2. The fourth-order valence-corrected chi connectivity index (χ4v) is 5.13. The van der Waals surface area contributed by atoms with Gasteiger partial charge in [-0.05, 0) is 25.0 Å². The molecule has 0 aliphatic carbocycles. The van der Waals surface area contributed by atoms with Crippen molar-refractivity contribution in [3.05, 3.63) is 36.1 Å². The Morgan fingerprint density at radius 3 is 3.00 bits per heavy atom. The van der Waals surface area contributed by atoms with E-state index in [1.165, 1.54) is 11.8 Å². The Hall–Kier alpha value is -1.83. The van der Waals surface area contributed by atoms with Gasteiger partial charge in [-0.25, -0.2) is 0 Å². The minimum Gasteiger partial charge on any atom is -0.461 e. The van der Waals surface area contributed by atoms with Gasteiger partial charge in [-0.15, -0.1) is 11.8 Å². The fraction of sp³-hybridized carbons (Fsp3) is 0.500. The molecule has 3 atom stereocenters. The Morgan fingerprint density at radius 1 is 1.33 bits per heavy atom. The molecule has 2 fully saturated rings. The summed E-state index contributed by atoms with van der Waals surface area (Å²) in [6, 6.07) is 9.16. The molecule has 2 aliphatic heterocycles. The van der Waals surface area contributed by atoms with E-state index in [2.05, 4.69) is 5.32 Å². The van der Waals surface area contributed by atoms with Crippen LogP contribution in [0.1, 0.15) is 25.0 Å². The first-order valence-electron chi connectivity index (χ1n) is 9.44. The van der Waals surface area contributed by atoms with Gasteiger partial charge < -0.3 is 14.4 Å². The second kappa shape index (κ2) is 8.04. The van der Waals surface area contributed by atoms with Crippen molar-refractivity contribution in [3.63, 3.8) is 0 Å². The molecule has 1 aromatic heterocycles. The van der Waals surface area contributed by atoms with Crippen LogP contribution in [0.4, 0.5) is 0 Å². The second-order valence-corrected chi connectivity index (χ2v) is 8.27. The molecule has 4 rings (SSSR count). The van der Waals surface area contributed by atoms with Gasteiger partial charge in [0, 0.05) is 30.6 Å². The van der Waals surface area contributed by atoms with Gasteiger partial charge in [0.1, 0.15) is 23.2 Å². The summed E-state index contributed by atoms with van der Waals surface area (Å²) in [5.41, 5.74) is 0.828. The van der Waals surface area contributed by atoms with E-state index in [0.717, 1.165) is 29.6 Å². The van der Waals surface area contributed by atoms with Gasteiger partial charge in [-0.3, -0.25) is 14.9 Å². The number of nitrogens with zero attached hydrogens (tertiary/aromatic N) is 1. The molecule has 0 saturated carbocycles. The quantitative estimate of drug-likeness (QED) is 0.787. The molecule has 2 saturated heterocycles. The van der Waals surface area contributed by atoms with Crippen LogP contribution >= 0.6 is 11.8 Å². The van der Waals surface area contributed by atoms with Crippen LogP contribution in [-0.4, -0.2) is 58.1 Å². The van der Waals surface area contributed by atoms with E-state index in [-0.39, 0.29) is 29.6 Å². The number of thioether (sulfide) groups is 1. The number of furan rings is 1. The lowest BCUT2D eigenvalue weighted by Crippen LogP contribution is -2.51. The lowest BCUT2D eigenvalue weighted by atomic mass is 10.0. The first kappa shape index (κ1) is 18.5. The number of Topliss-reactive ketones (excluding diaryl/α,β-unsaturated/α-hetero) is 1. The topological polar surface area (TPSA) is 82.8 Å². The van der Waals surface area contributed by atoms with Crippen molar-refractivity contribution in [2.45, 2.75) is 43.0 Å². The van der Waals surface area contributed by atoms with E-state index in [4.69, 9.17) is 4.42 Å². The maximum absolute atomic E-state index is 12.9. The van der Waals surface area contributed by atoms with Crippen LogP contribution < -0.4 is 5.32 Å². The number of aliphatic hydroxyl groups excluding tert-OH is 1. The van der Waals surface area contributed by atoms with Crippen LogP contribution in [0.2, 0.25) is 0 Å². The second-order valence-electron chi connectivity index (χ2n) is 7.14. The monoisotopic (exact) mass is 388 g/mol. The first-order valence-corrected chi connectivity index (χ1v) is 10.5. The molecule has 0 radical (unpaired) electrons. The van der Waals surface area contributed by atoms with Gasteiger partial charge >= 0.3 is 0 Å². The molecule has 1 aromatic carbocycles. The summed E-state index contributed by atoms with van der Waals surface area (Å²) in [6.45, 7) is 0.642. The van der Waals surface area contributed by atoms with E-state index in [1.807, 2.05) is 30.3 Å². The van der Waals surface area contributed by atoms with E-state index in [0.29, 0.717) is 25.3 Å². The molecule has 3 heterocycles. The molecule has 6 nitrogen and oxygen atoms in total. The Morgan fingerprint density at radius 2 is 2.19 bits per heavy atom. The van der Waals surface area contributed by atoms with Crippen molar-refractivity contribution in [1.82, 2.24) is 10.2 Å². The molecule has 144 valence electrons. The zero-order valence-electron chi connectivity index (χ0n) is 15.1. The van der Waals surface area contributed by atoms with Crippen molar-refractivity contribution < 1.29 is 19.1 Å². The number of carbonyl (C=O) groups excluding carboxylic acids is 2. The summed E-state index contributed by atoms with van der Waals surface area (Å²) < 4.78 is 5.79. The highest BCUT2D eigenvalue weighted by Crippen LogP contribution is 2.28. The van der Waals surface area contributed by atoms with Crippen LogP contribution in [0.15, 0.2) is 34.7 Å². The summed E-state index contributed by atoms with van der Waals surface area (Å²) in [4.78, 5) is 27.4. The Kier molecular flexibility index (Phi) is 5.52. The minimum absolute atomic E-state index is 0.0176. The van der Waals surface area contributed by atoms with Crippen molar-refractivity contribution in [3.8, 4) is 0 Å². The first-order chi connectivity index (χ1) is 13.2. The number of fused-ring (bicyclic) bond motifs is 1. The smallest absolute Gasteiger partial charge is 0.241 e. The van der Waals surface area contributed by atoms with Crippen LogP contribution in [0.5, 0.6) is 0 Å². The average molecular weight is 388 g/mol. The maximum Gasteiger partial charge on any atom is 0.241 e.